The van der Waals surface area contributed by atoms with E-state index in [0.29, 0.717) is 11.4 Å². The molecule has 1 aromatic heterocycles. The van der Waals surface area contributed by atoms with Crippen LogP contribution in [-0.2, 0) is 0 Å². The molecule has 0 aliphatic rings. The van der Waals surface area contributed by atoms with Gasteiger partial charge in [0.05, 0.1) is 14.2 Å². The van der Waals surface area contributed by atoms with Gasteiger partial charge in [0.1, 0.15) is 23.0 Å². The van der Waals surface area contributed by atoms with Crippen LogP contribution in [0.4, 0.5) is 6.01 Å². The van der Waals surface area contributed by atoms with E-state index >= 15 is 0 Å². The molecule has 2 N–H and O–H groups in total. The predicted octanol–water partition coefficient (Wildman–Crippen LogP) is 3.06. The van der Waals surface area contributed by atoms with E-state index in [2.05, 4.69) is 4.98 Å². The summed E-state index contributed by atoms with van der Waals surface area (Å²) in [6.45, 7) is 4.05. The van der Waals surface area contributed by atoms with Crippen LogP contribution in [0.3, 0.4) is 0 Å². The van der Waals surface area contributed by atoms with E-state index < -0.39 is 0 Å². The summed E-state index contributed by atoms with van der Waals surface area (Å²) in [4.78, 5) is 4.26. The Kier molecular flexibility index (Phi) is 3.64. The second-order valence-electron chi connectivity index (χ2n) is 4.49. The number of methoxy groups -OCH3 is 2. The van der Waals surface area contributed by atoms with Gasteiger partial charge in [-0.25, -0.2) is 0 Å². The molecule has 0 saturated heterocycles. The number of benzene rings is 1. The number of rotatable bonds is 4. The Morgan fingerprint density at radius 2 is 1.95 bits per heavy atom. The second-order valence-corrected chi connectivity index (χ2v) is 4.49. The third-order valence-electron chi connectivity index (χ3n) is 2.86. The number of oxazole rings is 1. The molecule has 19 heavy (non-hydrogen) atoms. The lowest BCUT2D eigenvalue weighted by Gasteiger charge is -2.10. The number of nitrogens with zero attached hydrogens (tertiary/aromatic N) is 1. The molecule has 0 amide bonds. The van der Waals surface area contributed by atoms with Crippen molar-refractivity contribution < 1.29 is 13.9 Å². The Labute approximate surface area is 112 Å². The molecule has 0 bridgehead atoms. The van der Waals surface area contributed by atoms with Crippen molar-refractivity contribution in [3.63, 3.8) is 0 Å². The van der Waals surface area contributed by atoms with Gasteiger partial charge in [-0.15, -0.1) is 0 Å². The SMILES string of the molecule is COc1ccc(OC)c(-c2nc(N)oc2C(C)C)c1. The molecule has 0 unspecified atom stereocenters. The molecule has 0 spiro atoms. The van der Waals surface area contributed by atoms with Crippen LogP contribution in [0.25, 0.3) is 11.3 Å². The monoisotopic (exact) mass is 262 g/mol. The van der Waals surface area contributed by atoms with Gasteiger partial charge >= 0.3 is 0 Å². The van der Waals surface area contributed by atoms with E-state index in [1.165, 1.54) is 0 Å². The van der Waals surface area contributed by atoms with E-state index in [4.69, 9.17) is 19.6 Å². The molecule has 2 aromatic rings. The fraction of sp³-hybridized carbons (Fsp3) is 0.357. The van der Waals surface area contributed by atoms with Gasteiger partial charge in [0, 0.05) is 11.5 Å². The molecule has 5 nitrogen and oxygen atoms in total. The smallest absolute Gasteiger partial charge is 0.292 e. The summed E-state index contributed by atoms with van der Waals surface area (Å²) < 4.78 is 16.1. The summed E-state index contributed by atoms with van der Waals surface area (Å²) in [5.74, 6) is 2.35. The lowest BCUT2D eigenvalue weighted by molar-refractivity contribution is 0.404. The van der Waals surface area contributed by atoms with E-state index in [1.807, 2.05) is 32.0 Å². The fourth-order valence-electron chi connectivity index (χ4n) is 1.93. The van der Waals surface area contributed by atoms with Gasteiger partial charge in [-0.3, -0.25) is 0 Å². The summed E-state index contributed by atoms with van der Waals surface area (Å²) in [5, 5.41) is 0. The number of hydrogen-bond acceptors (Lipinski definition) is 5. The van der Waals surface area contributed by atoms with Crippen molar-refractivity contribution >= 4 is 6.01 Å². The fourth-order valence-corrected chi connectivity index (χ4v) is 1.93. The normalized spacial score (nSPS) is 10.8. The molecule has 0 aliphatic heterocycles. The third-order valence-corrected chi connectivity index (χ3v) is 2.86. The van der Waals surface area contributed by atoms with Crippen molar-refractivity contribution in [1.29, 1.82) is 0 Å². The molecule has 2 rings (SSSR count). The number of anilines is 1. The van der Waals surface area contributed by atoms with E-state index in [9.17, 15) is 0 Å². The summed E-state index contributed by atoms with van der Waals surface area (Å²) in [6.07, 6.45) is 0. The maximum absolute atomic E-state index is 5.67. The minimum Gasteiger partial charge on any atom is -0.497 e. The molecule has 0 fully saturated rings. The van der Waals surface area contributed by atoms with Crippen LogP contribution in [0.1, 0.15) is 25.5 Å². The average Bonchev–Trinajstić information content (AvgIpc) is 2.80. The standard InChI is InChI=1S/C14H18N2O3/c1-8(2)13-12(16-14(15)19-13)10-7-9(17-3)5-6-11(10)18-4/h5-8H,1-4H3,(H2,15,16). The Balaban J connectivity index is 2.62. The molecule has 0 atom stereocenters. The van der Waals surface area contributed by atoms with Gasteiger partial charge < -0.3 is 19.6 Å². The largest absolute Gasteiger partial charge is 0.497 e. The first kappa shape index (κ1) is 13.3. The van der Waals surface area contributed by atoms with Crippen LogP contribution in [-0.4, -0.2) is 19.2 Å². The molecule has 0 radical (unpaired) electrons. The maximum Gasteiger partial charge on any atom is 0.292 e. The minimum atomic E-state index is 0.156. The number of hydrogen-bond donors (Lipinski definition) is 1. The van der Waals surface area contributed by atoms with Crippen LogP contribution in [0.2, 0.25) is 0 Å². The van der Waals surface area contributed by atoms with Crippen molar-refractivity contribution in [2.75, 3.05) is 20.0 Å². The van der Waals surface area contributed by atoms with Crippen molar-refractivity contribution in [1.82, 2.24) is 4.98 Å². The number of nitrogens with two attached hydrogens (primary N) is 1. The predicted molar refractivity (Wildman–Crippen MR) is 73.5 cm³/mol. The lowest BCUT2D eigenvalue weighted by Crippen LogP contribution is -1.94. The van der Waals surface area contributed by atoms with Gasteiger partial charge in [-0.05, 0) is 18.2 Å². The van der Waals surface area contributed by atoms with Gasteiger partial charge in [0.15, 0.2) is 0 Å². The highest BCUT2D eigenvalue weighted by Gasteiger charge is 2.20. The van der Waals surface area contributed by atoms with Crippen LogP contribution in [0, 0.1) is 0 Å². The van der Waals surface area contributed by atoms with E-state index in [1.54, 1.807) is 14.2 Å². The summed E-state index contributed by atoms with van der Waals surface area (Å²) in [6, 6.07) is 5.69. The maximum atomic E-state index is 5.67. The number of nitrogen functional groups attached to an aromatic ring is 1. The number of aromatic nitrogens is 1. The van der Waals surface area contributed by atoms with Crippen molar-refractivity contribution in [3.8, 4) is 22.8 Å². The zero-order valence-electron chi connectivity index (χ0n) is 11.6. The van der Waals surface area contributed by atoms with Crippen LogP contribution < -0.4 is 15.2 Å². The molecule has 0 aliphatic carbocycles. The van der Waals surface area contributed by atoms with Crippen molar-refractivity contribution in [2.45, 2.75) is 19.8 Å². The topological polar surface area (TPSA) is 70.5 Å². The van der Waals surface area contributed by atoms with Crippen LogP contribution in [0.15, 0.2) is 22.6 Å². The Hall–Kier alpha value is -2.17. The first-order valence-electron chi connectivity index (χ1n) is 6.05. The van der Waals surface area contributed by atoms with Crippen LogP contribution >= 0.6 is 0 Å². The van der Waals surface area contributed by atoms with Gasteiger partial charge in [-0.1, -0.05) is 13.8 Å². The molecular formula is C14H18N2O3. The van der Waals surface area contributed by atoms with E-state index in [0.717, 1.165) is 17.1 Å². The first-order valence-corrected chi connectivity index (χ1v) is 6.05. The van der Waals surface area contributed by atoms with Crippen LogP contribution in [0.5, 0.6) is 11.5 Å². The average molecular weight is 262 g/mol. The van der Waals surface area contributed by atoms with Gasteiger partial charge in [0.2, 0.25) is 0 Å². The highest BCUT2D eigenvalue weighted by molar-refractivity contribution is 5.71. The third kappa shape index (κ3) is 2.50. The second kappa shape index (κ2) is 5.22. The highest BCUT2D eigenvalue weighted by atomic mass is 16.5. The Morgan fingerprint density at radius 1 is 1.21 bits per heavy atom. The zero-order chi connectivity index (χ0) is 14.0. The molecular weight excluding hydrogens is 244 g/mol. The van der Waals surface area contributed by atoms with Gasteiger partial charge in [0.25, 0.3) is 6.01 Å². The molecule has 0 saturated carbocycles. The minimum absolute atomic E-state index is 0.156. The summed E-state index contributed by atoms with van der Waals surface area (Å²) in [7, 11) is 3.23. The van der Waals surface area contributed by atoms with Crippen molar-refractivity contribution in [3.05, 3.63) is 24.0 Å². The summed E-state index contributed by atoms with van der Waals surface area (Å²) >= 11 is 0. The quantitative estimate of drug-likeness (QED) is 0.916. The number of ether oxygens (including phenoxy) is 2. The first-order chi connectivity index (χ1) is 9.06. The van der Waals surface area contributed by atoms with Gasteiger partial charge in [-0.2, -0.15) is 4.98 Å². The Bertz CT molecular complexity index is 576. The zero-order valence-corrected chi connectivity index (χ0v) is 11.6. The van der Waals surface area contributed by atoms with E-state index in [-0.39, 0.29) is 11.9 Å². The molecule has 102 valence electrons. The molecule has 1 heterocycles. The van der Waals surface area contributed by atoms with Crippen molar-refractivity contribution in [2.24, 2.45) is 0 Å². The lowest BCUT2D eigenvalue weighted by atomic mass is 10.0. The Morgan fingerprint density at radius 3 is 2.53 bits per heavy atom. The molecule has 1 aromatic carbocycles. The summed E-state index contributed by atoms with van der Waals surface area (Å²) in [5.41, 5.74) is 7.18. The highest BCUT2D eigenvalue weighted by Crippen LogP contribution is 2.38. The molecule has 5 heteroatoms.